The summed E-state index contributed by atoms with van der Waals surface area (Å²) in [5.74, 6) is 0. The molecular formula is C23H36N4. The molecule has 1 aliphatic heterocycles. The van der Waals surface area contributed by atoms with Crippen molar-refractivity contribution in [3.8, 4) is 0 Å². The fourth-order valence-corrected chi connectivity index (χ4v) is 3.52. The number of para-hydroxylation sites is 4. The molecule has 0 bridgehead atoms. The van der Waals surface area contributed by atoms with E-state index in [1.807, 2.05) is 18.2 Å². The van der Waals surface area contributed by atoms with Crippen LogP contribution in [0.25, 0.3) is 0 Å². The third-order valence-corrected chi connectivity index (χ3v) is 4.70. The molecule has 0 spiro atoms. The molecule has 1 heterocycles. The maximum atomic E-state index is 5.94. The number of nitrogen functional groups attached to an aromatic ring is 1. The smallest absolute Gasteiger partial charge is 0.0602 e. The van der Waals surface area contributed by atoms with E-state index >= 15 is 0 Å². The fraction of sp³-hybridized carbons (Fsp3) is 0.478. The Hall–Kier alpha value is -2.36. The lowest BCUT2D eigenvalue weighted by Gasteiger charge is -2.31. The minimum absolute atomic E-state index is 0.884. The molecule has 27 heavy (non-hydrogen) atoms. The summed E-state index contributed by atoms with van der Waals surface area (Å²) in [4.78, 5) is 4.81. The Morgan fingerprint density at radius 2 is 1.59 bits per heavy atom. The molecular weight excluding hydrogens is 332 g/mol. The molecule has 0 aromatic heterocycles. The monoisotopic (exact) mass is 368 g/mol. The maximum absolute atomic E-state index is 5.94. The molecule has 0 atom stereocenters. The van der Waals surface area contributed by atoms with Gasteiger partial charge in [0.05, 0.1) is 22.7 Å². The number of benzene rings is 2. The van der Waals surface area contributed by atoms with E-state index < -0.39 is 0 Å². The van der Waals surface area contributed by atoms with Crippen molar-refractivity contribution in [3.05, 3.63) is 48.5 Å². The van der Waals surface area contributed by atoms with E-state index in [0.717, 1.165) is 44.7 Å². The number of hydrogen-bond donors (Lipinski definition) is 2. The van der Waals surface area contributed by atoms with E-state index in [9.17, 15) is 0 Å². The molecule has 0 fully saturated rings. The van der Waals surface area contributed by atoms with E-state index in [2.05, 4.69) is 66.2 Å². The van der Waals surface area contributed by atoms with Crippen LogP contribution in [0.1, 0.15) is 40.0 Å². The molecule has 0 unspecified atom stereocenters. The van der Waals surface area contributed by atoms with Crippen LogP contribution < -0.4 is 20.9 Å². The lowest BCUT2D eigenvalue weighted by Crippen LogP contribution is -2.34. The molecule has 148 valence electrons. The van der Waals surface area contributed by atoms with Crippen molar-refractivity contribution in [1.82, 2.24) is 0 Å². The van der Waals surface area contributed by atoms with Crippen molar-refractivity contribution >= 4 is 22.7 Å². The number of nitrogens with one attached hydrogen (secondary N) is 1. The van der Waals surface area contributed by atoms with Crippen LogP contribution >= 0.6 is 0 Å². The number of nitrogens with two attached hydrogens (primary N) is 1. The summed E-state index contributed by atoms with van der Waals surface area (Å²) in [6.07, 6.45) is 3.54. The zero-order valence-electron chi connectivity index (χ0n) is 17.2. The quantitative estimate of drug-likeness (QED) is 0.657. The molecule has 4 nitrogen and oxygen atoms in total. The van der Waals surface area contributed by atoms with Crippen molar-refractivity contribution in [2.75, 3.05) is 53.6 Å². The average Bonchev–Trinajstić information content (AvgIpc) is 2.69. The second kappa shape index (κ2) is 11.4. The second-order valence-corrected chi connectivity index (χ2v) is 6.98. The van der Waals surface area contributed by atoms with Crippen LogP contribution in [0.4, 0.5) is 22.7 Å². The first-order valence-electron chi connectivity index (χ1n) is 10.4. The van der Waals surface area contributed by atoms with Gasteiger partial charge < -0.3 is 20.9 Å². The van der Waals surface area contributed by atoms with E-state index in [1.54, 1.807) is 0 Å². The summed E-state index contributed by atoms with van der Waals surface area (Å²) in [7, 11) is 0. The second-order valence-electron chi connectivity index (χ2n) is 6.98. The van der Waals surface area contributed by atoms with Crippen LogP contribution in [0.15, 0.2) is 48.5 Å². The standard InChI is InChI=1S/C12H20N2.C11H16N2/c1-3-9-14(10-4-2)12-8-6-5-7-11(12)13;1-2-8-13-9-7-12-10-5-3-4-6-11(10)13/h5-8H,3-4,9-10,13H2,1-2H3;3-6,12H,2,7-9H2,1H3. The van der Waals surface area contributed by atoms with Crippen molar-refractivity contribution in [3.63, 3.8) is 0 Å². The first-order chi connectivity index (χ1) is 13.2. The zero-order chi connectivity index (χ0) is 19.5. The Morgan fingerprint density at radius 3 is 2.26 bits per heavy atom. The minimum atomic E-state index is 0.884. The van der Waals surface area contributed by atoms with Crippen LogP contribution in [0.3, 0.4) is 0 Å². The number of hydrogen-bond acceptors (Lipinski definition) is 4. The summed E-state index contributed by atoms with van der Waals surface area (Å²) in [6, 6.07) is 16.6. The highest BCUT2D eigenvalue weighted by Crippen LogP contribution is 2.28. The van der Waals surface area contributed by atoms with Crippen molar-refractivity contribution < 1.29 is 0 Å². The summed E-state index contributed by atoms with van der Waals surface area (Å²) >= 11 is 0. The van der Waals surface area contributed by atoms with Gasteiger partial charge >= 0.3 is 0 Å². The van der Waals surface area contributed by atoms with Gasteiger partial charge in [0.1, 0.15) is 0 Å². The Labute approximate surface area is 165 Å². The third-order valence-electron chi connectivity index (χ3n) is 4.70. The Kier molecular flexibility index (Phi) is 8.82. The van der Waals surface area contributed by atoms with Gasteiger partial charge in [-0.3, -0.25) is 0 Å². The van der Waals surface area contributed by atoms with Gasteiger partial charge in [0.2, 0.25) is 0 Å². The van der Waals surface area contributed by atoms with E-state index in [4.69, 9.17) is 5.73 Å². The molecule has 2 aromatic carbocycles. The van der Waals surface area contributed by atoms with Crippen LogP contribution in [-0.4, -0.2) is 32.7 Å². The van der Waals surface area contributed by atoms with E-state index in [-0.39, 0.29) is 0 Å². The lowest BCUT2D eigenvalue weighted by molar-refractivity contribution is 0.746. The Bertz CT molecular complexity index is 665. The summed E-state index contributed by atoms with van der Waals surface area (Å²) in [5, 5.41) is 3.41. The Balaban J connectivity index is 0.000000194. The molecule has 3 N–H and O–H groups in total. The molecule has 0 amide bonds. The molecule has 0 saturated heterocycles. The number of fused-ring (bicyclic) bond motifs is 1. The van der Waals surface area contributed by atoms with Gasteiger partial charge in [-0.2, -0.15) is 0 Å². The SMILES string of the molecule is CCCN(CCC)c1ccccc1N.CCCN1CCNc2ccccc21. The third kappa shape index (κ3) is 6.09. The first kappa shape index (κ1) is 20.9. The lowest BCUT2D eigenvalue weighted by atomic mass is 10.2. The van der Waals surface area contributed by atoms with Gasteiger partial charge in [0.25, 0.3) is 0 Å². The van der Waals surface area contributed by atoms with E-state index in [0.29, 0.717) is 0 Å². The first-order valence-corrected chi connectivity index (χ1v) is 10.4. The van der Waals surface area contributed by atoms with Crippen LogP contribution in [-0.2, 0) is 0 Å². The normalized spacial score (nSPS) is 12.5. The molecule has 3 rings (SSSR count). The summed E-state index contributed by atoms with van der Waals surface area (Å²) < 4.78 is 0. The van der Waals surface area contributed by atoms with Gasteiger partial charge in [0, 0.05) is 32.7 Å². The molecule has 0 saturated carbocycles. The van der Waals surface area contributed by atoms with Gasteiger partial charge in [-0.1, -0.05) is 45.0 Å². The predicted molar refractivity (Wildman–Crippen MR) is 121 cm³/mol. The van der Waals surface area contributed by atoms with Gasteiger partial charge in [-0.05, 0) is 43.5 Å². The van der Waals surface area contributed by atoms with Gasteiger partial charge in [-0.15, -0.1) is 0 Å². The molecule has 0 radical (unpaired) electrons. The van der Waals surface area contributed by atoms with E-state index in [1.165, 1.54) is 30.0 Å². The summed E-state index contributed by atoms with van der Waals surface area (Å²) in [6.45, 7) is 12.2. The molecule has 4 heteroatoms. The summed E-state index contributed by atoms with van der Waals surface area (Å²) in [5.41, 5.74) is 10.6. The molecule has 1 aliphatic rings. The predicted octanol–water partition coefficient (Wildman–Crippen LogP) is 5.22. The molecule has 0 aliphatic carbocycles. The van der Waals surface area contributed by atoms with Crippen LogP contribution in [0.5, 0.6) is 0 Å². The topological polar surface area (TPSA) is 44.5 Å². The van der Waals surface area contributed by atoms with Crippen molar-refractivity contribution in [1.29, 1.82) is 0 Å². The largest absolute Gasteiger partial charge is 0.397 e. The number of nitrogens with zero attached hydrogens (tertiary/aromatic N) is 2. The van der Waals surface area contributed by atoms with Crippen molar-refractivity contribution in [2.45, 2.75) is 40.0 Å². The molecule has 2 aromatic rings. The highest BCUT2D eigenvalue weighted by Gasteiger charge is 2.13. The minimum Gasteiger partial charge on any atom is -0.397 e. The van der Waals surface area contributed by atoms with Crippen LogP contribution in [0, 0.1) is 0 Å². The fourth-order valence-electron chi connectivity index (χ4n) is 3.52. The Morgan fingerprint density at radius 1 is 0.926 bits per heavy atom. The number of rotatable bonds is 7. The maximum Gasteiger partial charge on any atom is 0.0602 e. The highest BCUT2D eigenvalue weighted by atomic mass is 15.2. The van der Waals surface area contributed by atoms with Gasteiger partial charge in [-0.25, -0.2) is 0 Å². The number of anilines is 4. The highest BCUT2D eigenvalue weighted by molar-refractivity contribution is 5.71. The average molecular weight is 369 g/mol. The zero-order valence-corrected chi connectivity index (χ0v) is 17.2. The van der Waals surface area contributed by atoms with Crippen molar-refractivity contribution in [2.24, 2.45) is 0 Å². The van der Waals surface area contributed by atoms with Gasteiger partial charge in [0.15, 0.2) is 0 Å². The van der Waals surface area contributed by atoms with Crippen LogP contribution in [0.2, 0.25) is 0 Å².